The minimum absolute atomic E-state index is 0.0243. The molecule has 0 aromatic rings. The van der Waals surface area contributed by atoms with Crippen molar-refractivity contribution < 1.29 is 9.50 Å². The van der Waals surface area contributed by atoms with Gasteiger partial charge in [0.05, 0.1) is 6.61 Å². The second kappa shape index (κ2) is 3.90. The molecule has 0 spiro atoms. The predicted octanol–water partition coefficient (Wildman–Crippen LogP) is 0.128. The molecule has 0 aliphatic carbocycles. The van der Waals surface area contributed by atoms with E-state index >= 15 is 0 Å². The zero-order valence-electron chi connectivity index (χ0n) is 8.33. The molecule has 4 heteroatoms. The number of likely N-dealkylation sites (tertiary alicyclic amines) is 1. The molecule has 2 unspecified atom stereocenters. The van der Waals surface area contributed by atoms with Crippen molar-refractivity contribution in [2.75, 3.05) is 19.7 Å². The molecule has 0 saturated carbocycles. The lowest BCUT2D eigenvalue weighted by atomic mass is 10.1. The Bertz CT molecular complexity index is 169. The first-order valence-corrected chi connectivity index (χ1v) is 4.70. The molecule has 0 bridgehead atoms. The summed E-state index contributed by atoms with van der Waals surface area (Å²) in [6.07, 6.45) is -0.369. The summed E-state index contributed by atoms with van der Waals surface area (Å²) in [6.45, 7) is 4.89. The molecule has 78 valence electrons. The fourth-order valence-corrected chi connectivity index (χ4v) is 1.83. The number of hydrogen-bond acceptors (Lipinski definition) is 3. The summed E-state index contributed by atoms with van der Waals surface area (Å²) in [6, 6.07) is -0.0437. The zero-order valence-corrected chi connectivity index (χ0v) is 8.33. The van der Waals surface area contributed by atoms with Crippen molar-refractivity contribution in [1.29, 1.82) is 0 Å². The molecular weight excluding hydrogens is 171 g/mol. The molecule has 1 heterocycles. The molecule has 3 N–H and O–H groups in total. The Morgan fingerprint density at radius 1 is 1.62 bits per heavy atom. The first-order chi connectivity index (χ1) is 5.92. The maximum atomic E-state index is 13.0. The number of nitrogens with zero attached hydrogens (tertiary/aromatic N) is 1. The van der Waals surface area contributed by atoms with Gasteiger partial charge in [-0.3, -0.25) is 4.90 Å². The van der Waals surface area contributed by atoms with Crippen LogP contribution < -0.4 is 5.73 Å². The molecule has 2 atom stereocenters. The smallest absolute Gasteiger partial charge is 0.114 e. The molecule has 1 fully saturated rings. The first-order valence-electron chi connectivity index (χ1n) is 4.70. The van der Waals surface area contributed by atoms with Crippen LogP contribution in [0.1, 0.15) is 20.3 Å². The molecular formula is C9H19FN2O. The summed E-state index contributed by atoms with van der Waals surface area (Å²) in [4.78, 5) is 1.94. The van der Waals surface area contributed by atoms with E-state index in [1.54, 1.807) is 0 Å². The summed E-state index contributed by atoms with van der Waals surface area (Å²) in [5.41, 5.74) is 5.51. The lowest BCUT2D eigenvalue weighted by Crippen LogP contribution is -2.47. The van der Waals surface area contributed by atoms with E-state index in [2.05, 4.69) is 0 Å². The average molecular weight is 190 g/mol. The van der Waals surface area contributed by atoms with Crippen molar-refractivity contribution in [2.45, 2.75) is 38.0 Å². The number of hydrogen-bond donors (Lipinski definition) is 2. The fourth-order valence-electron chi connectivity index (χ4n) is 1.83. The lowest BCUT2D eigenvalue weighted by Gasteiger charge is -2.29. The Labute approximate surface area is 78.7 Å². The molecule has 1 aliphatic heterocycles. The Hall–Kier alpha value is -0.190. The van der Waals surface area contributed by atoms with E-state index in [4.69, 9.17) is 10.8 Å². The van der Waals surface area contributed by atoms with Gasteiger partial charge in [-0.2, -0.15) is 0 Å². The van der Waals surface area contributed by atoms with Crippen LogP contribution in [-0.2, 0) is 0 Å². The number of halogens is 1. The van der Waals surface area contributed by atoms with Crippen molar-refractivity contribution in [3.8, 4) is 0 Å². The minimum Gasteiger partial charge on any atom is -0.395 e. The fraction of sp³-hybridized carbons (Fsp3) is 1.00. The quantitative estimate of drug-likeness (QED) is 0.665. The minimum atomic E-state index is -0.806. The van der Waals surface area contributed by atoms with Gasteiger partial charge in [-0.1, -0.05) is 0 Å². The van der Waals surface area contributed by atoms with Gasteiger partial charge in [-0.15, -0.1) is 0 Å². The molecule has 13 heavy (non-hydrogen) atoms. The number of aliphatic hydroxyl groups is 1. The van der Waals surface area contributed by atoms with E-state index in [9.17, 15) is 4.39 Å². The Balaban J connectivity index is 2.49. The predicted molar refractivity (Wildman–Crippen MR) is 50.2 cm³/mol. The van der Waals surface area contributed by atoms with Crippen molar-refractivity contribution in [2.24, 2.45) is 5.73 Å². The topological polar surface area (TPSA) is 49.5 Å². The monoisotopic (exact) mass is 190 g/mol. The summed E-state index contributed by atoms with van der Waals surface area (Å²) in [7, 11) is 0. The Morgan fingerprint density at radius 2 is 2.23 bits per heavy atom. The van der Waals surface area contributed by atoms with Gasteiger partial charge in [-0.25, -0.2) is 4.39 Å². The number of alkyl halides is 1. The second-order valence-corrected chi connectivity index (χ2v) is 4.59. The van der Waals surface area contributed by atoms with Gasteiger partial charge in [0.15, 0.2) is 0 Å². The summed E-state index contributed by atoms with van der Waals surface area (Å²) >= 11 is 0. The van der Waals surface area contributed by atoms with E-state index in [1.165, 1.54) is 0 Å². The van der Waals surface area contributed by atoms with Gasteiger partial charge < -0.3 is 10.8 Å². The Kier molecular flexibility index (Phi) is 3.27. The first kappa shape index (κ1) is 10.9. The van der Waals surface area contributed by atoms with Crippen molar-refractivity contribution in [3.63, 3.8) is 0 Å². The van der Waals surface area contributed by atoms with Gasteiger partial charge in [-0.05, 0) is 20.3 Å². The summed E-state index contributed by atoms with van der Waals surface area (Å²) in [5.74, 6) is 0. The SMILES string of the molecule is CC(C)(N)CN1CC(F)CC1CO. The van der Waals surface area contributed by atoms with Crippen LogP contribution in [0.5, 0.6) is 0 Å². The van der Waals surface area contributed by atoms with E-state index in [1.807, 2.05) is 18.7 Å². The number of rotatable bonds is 3. The standard InChI is InChI=1S/C9H19FN2O/c1-9(2,11)6-12-4-7(10)3-8(12)5-13/h7-8,13H,3-6,11H2,1-2H3. The van der Waals surface area contributed by atoms with Gasteiger partial charge >= 0.3 is 0 Å². The van der Waals surface area contributed by atoms with E-state index < -0.39 is 6.17 Å². The van der Waals surface area contributed by atoms with Crippen molar-refractivity contribution in [3.05, 3.63) is 0 Å². The molecule has 1 aliphatic rings. The molecule has 0 aromatic carbocycles. The van der Waals surface area contributed by atoms with Gasteiger partial charge in [0, 0.05) is 24.7 Å². The van der Waals surface area contributed by atoms with Crippen LogP contribution in [0.2, 0.25) is 0 Å². The molecule has 0 amide bonds. The third-order valence-electron chi connectivity index (χ3n) is 2.30. The van der Waals surface area contributed by atoms with Crippen LogP contribution >= 0.6 is 0 Å². The summed E-state index contributed by atoms with van der Waals surface area (Å²) < 4.78 is 13.0. The third-order valence-corrected chi connectivity index (χ3v) is 2.30. The summed E-state index contributed by atoms with van der Waals surface area (Å²) in [5, 5.41) is 9.00. The van der Waals surface area contributed by atoms with Gasteiger partial charge in [0.2, 0.25) is 0 Å². The molecule has 1 rings (SSSR count). The molecule has 1 saturated heterocycles. The highest BCUT2D eigenvalue weighted by Crippen LogP contribution is 2.21. The third kappa shape index (κ3) is 3.21. The lowest BCUT2D eigenvalue weighted by molar-refractivity contribution is 0.139. The molecule has 3 nitrogen and oxygen atoms in total. The maximum Gasteiger partial charge on any atom is 0.114 e. The highest BCUT2D eigenvalue weighted by atomic mass is 19.1. The van der Waals surface area contributed by atoms with E-state index in [-0.39, 0.29) is 18.2 Å². The van der Waals surface area contributed by atoms with Gasteiger partial charge in [0.1, 0.15) is 6.17 Å². The second-order valence-electron chi connectivity index (χ2n) is 4.59. The van der Waals surface area contributed by atoms with Crippen LogP contribution in [0.25, 0.3) is 0 Å². The number of nitrogens with two attached hydrogens (primary N) is 1. The van der Waals surface area contributed by atoms with Crippen LogP contribution in [0.3, 0.4) is 0 Å². The van der Waals surface area contributed by atoms with Crippen molar-refractivity contribution >= 4 is 0 Å². The average Bonchev–Trinajstić information content (AvgIpc) is 2.27. The van der Waals surface area contributed by atoms with Crippen LogP contribution in [0.15, 0.2) is 0 Å². The normalized spacial score (nSPS) is 31.2. The van der Waals surface area contributed by atoms with Crippen LogP contribution in [-0.4, -0.2) is 47.5 Å². The van der Waals surface area contributed by atoms with Gasteiger partial charge in [0.25, 0.3) is 0 Å². The Morgan fingerprint density at radius 3 is 2.69 bits per heavy atom. The zero-order chi connectivity index (χ0) is 10.1. The molecule has 0 aromatic heterocycles. The van der Waals surface area contributed by atoms with E-state index in [0.29, 0.717) is 19.5 Å². The number of aliphatic hydroxyl groups excluding tert-OH is 1. The maximum absolute atomic E-state index is 13.0. The van der Waals surface area contributed by atoms with Crippen LogP contribution in [0, 0.1) is 0 Å². The van der Waals surface area contributed by atoms with Crippen molar-refractivity contribution in [1.82, 2.24) is 4.90 Å². The van der Waals surface area contributed by atoms with Crippen LogP contribution in [0.4, 0.5) is 4.39 Å². The molecule has 0 radical (unpaired) electrons. The van der Waals surface area contributed by atoms with E-state index in [0.717, 1.165) is 0 Å². The highest BCUT2D eigenvalue weighted by Gasteiger charge is 2.33. The highest BCUT2D eigenvalue weighted by molar-refractivity contribution is 4.89. The largest absolute Gasteiger partial charge is 0.395 e.